The fourth-order valence-corrected chi connectivity index (χ4v) is 3.21. The number of nitrogens with one attached hydrogen (secondary N) is 3. The molecule has 3 heterocycles. The summed E-state index contributed by atoms with van der Waals surface area (Å²) in [5.41, 5.74) is 0.547. The van der Waals surface area contributed by atoms with Crippen LogP contribution in [0.1, 0.15) is 5.56 Å². The van der Waals surface area contributed by atoms with Crippen LogP contribution in [0.3, 0.4) is 0 Å². The van der Waals surface area contributed by atoms with Crippen LogP contribution in [0.5, 0.6) is 11.5 Å². The molecule has 3 aromatic heterocycles. The number of aromatic nitrogens is 5. The van der Waals surface area contributed by atoms with Gasteiger partial charge in [-0.2, -0.15) is 23.3 Å². The average Bonchev–Trinajstić information content (AvgIpc) is 3.61. The molecule has 2 aromatic carbocycles. The first-order chi connectivity index (χ1) is 17.3. The topological polar surface area (TPSA) is 148 Å². The number of hydrogen-bond donors (Lipinski definition) is 3. The van der Waals surface area contributed by atoms with Crippen LogP contribution in [-0.2, 0) is 6.18 Å². The zero-order valence-corrected chi connectivity index (χ0v) is 17.9. The van der Waals surface area contributed by atoms with Crippen molar-refractivity contribution in [2.45, 2.75) is 6.18 Å². The van der Waals surface area contributed by atoms with Gasteiger partial charge in [-0.15, -0.1) is 0 Å². The van der Waals surface area contributed by atoms with Crippen molar-refractivity contribution in [1.29, 1.82) is 0 Å². The molecule has 14 heteroatoms. The van der Waals surface area contributed by atoms with Crippen LogP contribution in [0.15, 0.2) is 71.5 Å². The predicted octanol–water partition coefficient (Wildman–Crippen LogP) is 5.92. The molecule has 0 bridgehead atoms. The SMILES string of the molecule is O=[N+]([O-])c1c[nH]c(Nc2cn[nH]c2-c2nc(-c3ccc(Oc4ccc(C(F)(F)F)cc4)cc3)no2)c1. The first-order valence-electron chi connectivity index (χ1n) is 10.2. The zero-order chi connectivity index (χ0) is 25.3. The number of hydrogen-bond acceptors (Lipinski definition) is 8. The molecule has 0 amide bonds. The number of aromatic amines is 2. The molecule has 3 N–H and O–H groups in total. The van der Waals surface area contributed by atoms with Gasteiger partial charge in [0.2, 0.25) is 5.82 Å². The van der Waals surface area contributed by atoms with Gasteiger partial charge in [-0.25, -0.2) is 0 Å². The highest BCUT2D eigenvalue weighted by Gasteiger charge is 2.30. The van der Waals surface area contributed by atoms with E-state index in [0.29, 0.717) is 28.5 Å². The highest BCUT2D eigenvalue weighted by Crippen LogP contribution is 2.33. The number of H-pyrrole nitrogens is 2. The summed E-state index contributed by atoms with van der Waals surface area (Å²) in [6, 6.07) is 12.3. The molecule has 0 saturated carbocycles. The highest BCUT2D eigenvalue weighted by atomic mass is 19.4. The van der Waals surface area contributed by atoms with Crippen LogP contribution in [0.25, 0.3) is 23.0 Å². The second kappa shape index (κ2) is 8.90. The van der Waals surface area contributed by atoms with Crippen molar-refractivity contribution in [2.75, 3.05) is 5.32 Å². The van der Waals surface area contributed by atoms with E-state index >= 15 is 0 Å². The van der Waals surface area contributed by atoms with E-state index in [1.807, 2.05) is 0 Å². The number of nitrogens with zero attached hydrogens (tertiary/aromatic N) is 4. The van der Waals surface area contributed by atoms with Crippen LogP contribution in [0.2, 0.25) is 0 Å². The Morgan fingerprint density at radius 1 is 1.06 bits per heavy atom. The zero-order valence-electron chi connectivity index (χ0n) is 17.9. The van der Waals surface area contributed by atoms with Crippen LogP contribution < -0.4 is 10.1 Å². The minimum Gasteiger partial charge on any atom is -0.457 e. The molecule has 0 aliphatic carbocycles. The van der Waals surface area contributed by atoms with E-state index in [1.165, 1.54) is 30.6 Å². The molecule has 0 fully saturated rings. The van der Waals surface area contributed by atoms with Gasteiger partial charge < -0.3 is 19.6 Å². The highest BCUT2D eigenvalue weighted by molar-refractivity contribution is 5.73. The van der Waals surface area contributed by atoms with E-state index < -0.39 is 16.7 Å². The van der Waals surface area contributed by atoms with Gasteiger partial charge in [-0.05, 0) is 48.5 Å². The van der Waals surface area contributed by atoms with Crippen molar-refractivity contribution in [3.05, 3.63) is 82.7 Å². The first kappa shape index (κ1) is 22.6. The fourth-order valence-electron chi connectivity index (χ4n) is 3.21. The maximum Gasteiger partial charge on any atom is 0.416 e. The lowest BCUT2D eigenvalue weighted by atomic mass is 10.2. The van der Waals surface area contributed by atoms with E-state index in [9.17, 15) is 23.3 Å². The van der Waals surface area contributed by atoms with E-state index in [0.717, 1.165) is 12.1 Å². The summed E-state index contributed by atoms with van der Waals surface area (Å²) in [6.07, 6.45) is -1.71. The molecule has 0 aliphatic rings. The Kier molecular flexibility index (Phi) is 5.60. The molecular weight excluding hydrogens is 483 g/mol. The molecule has 5 aromatic rings. The van der Waals surface area contributed by atoms with E-state index in [2.05, 4.69) is 30.6 Å². The summed E-state index contributed by atoms with van der Waals surface area (Å²) in [5.74, 6) is 1.41. The normalized spacial score (nSPS) is 11.4. The van der Waals surface area contributed by atoms with Gasteiger partial charge in [-0.1, -0.05) is 5.16 Å². The first-order valence-corrected chi connectivity index (χ1v) is 10.2. The van der Waals surface area contributed by atoms with Gasteiger partial charge in [-0.3, -0.25) is 15.2 Å². The molecule has 11 nitrogen and oxygen atoms in total. The van der Waals surface area contributed by atoms with Gasteiger partial charge >= 0.3 is 6.18 Å². The maximum atomic E-state index is 12.7. The van der Waals surface area contributed by atoms with Gasteiger partial charge in [0.1, 0.15) is 23.0 Å². The Bertz CT molecular complexity index is 1510. The molecule has 0 unspecified atom stereocenters. The van der Waals surface area contributed by atoms with Gasteiger partial charge in [0, 0.05) is 5.56 Å². The van der Waals surface area contributed by atoms with Crippen LogP contribution >= 0.6 is 0 Å². The van der Waals surface area contributed by atoms with Gasteiger partial charge in [0.25, 0.3) is 11.6 Å². The molecule has 0 aliphatic heterocycles. The van der Waals surface area contributed by atoms with E-state index in [-0.39, 0.29) is 23.2 Å². The third-order valence-electron chi connectivity index (χ3n) is 4.96. The number of benzene rings is 2. The van der Waals surface area contributed by atoms with Crippen LogP contribution in [0, 0.1) is 10.1 Å². The fraction of sp³-hybridized carbons (Fsp3) is 0.0455. The van der Waals surface area contributed by atoms with E-state index in [1.54, 1.807) is 24.3 Å². The van der Waals surface area contributed by atoms with Crippen molar-refractivity contribution in [2.24, 2.45) is 0 Å². The minimum atomic E-state index is -4.42. The molecule has 0 spiro atoms. The Morgan fingerprint density at radius 2 is 1.75 bits per heavy atom. The van der Waals surface area contributed by atoms with Crippen LogP contribution in [-0.4, -0.2) is 30.2 Å². The number of alkyl halides is 3. The summed E-state index contributed by atoms with van der Waals surface area (Å²) in [4.78, 5) is 17.4. The Morgan fingerprint density at radius 3 is 2.39 bits per heavy atom. The van der Waals surface area contributed by atoms with Crippen molar-refractivity contribution >= 4 is 17.2 Å². The lowest BCUT2D eigenvalue weighted by Crippen LogP contribution is -2.03. The molecular formula is C22H14F3N7O4. The van der Waals surface area contributed by atoms with Crippen molar-refractivity contribution < 1.29 is 27.4 Å². The monoisotopic (exact) mass is 497 g/mol. The lowest BCUT2D eigenvalue weighted by molar-refractivity contribution is -0.384. The Labute approximate surface area is 199 Å². The van der Waals surface area contributed by atoms with Crippen LogP contribution in [0.4, 0.5) is 30.4 Å². The van der Waals surface area contributed by atoms with Crippen molar-refractivity contribution in [1.82, 2.24) is 25.3 Å². The summed E-state index contributed by atoms with van der Waals surface area (Å²) in [5, 5.41) is 24.5. The summed E-state index contributed by atoms with van der Waals surface area (Å²) >= 11 is 0. The number of halogens is 3. The second-order valence-corrected chi connectivity index (χ2v) is 7.38. The maximum absolute atomic E-state index is 12.7. The standard InChI is InChI=1S/C22H14F3N7O4/c23-22(24,25)13-3-7-16(8-4-13)35-15-5-1-12(2-6-15)20-29-21(36-31-20)19-17(11-27-30-19)28-18-9-14(10-26-18)32(33)34/h1-11,26,28H,(H,27,30). The minimum absolute atomic E-state index is 0.103. The molecule has 36 heavy (non-hydrogen) atoms. The van der Waals surface area contributed by atoms with E-state index in [4.69, 9.17) is 9.26 Å². The van der Waals surface area contributed by atoms with Crippen molar-refractivity contribution in [3.63, 3.8) is 0 Å². The molecule has 0 atom stereocenters. The van der Waals surface area contributed by atoms with Crippen molar-refractivity contribution in [3.8, 4) is 34.5 Å². The lowest BCUT2D eigenvalue weighted by Gasteiger charge is -2.09. The largest absolute Gasteiger partial charge is 0.457 e. The Balaban J connectivity index is 1.29. The smallest absolute Gasteiger partial charge is 0.416 e. The quantitative estimate of drug-likeness (QED) is 0.185. The number of nitro groups is 1. The molecule has 182 valence electrons. The number of rotatable bonds is 7. The third-order valence-corrected chi connectivity index (χ3v) is 4.96. The predicted molar refractivity (Wildman–Crippen MR) is 120 cm³/mol. The average molecular weight is 497 g/mol. The van der Waals surface area contributed by atoms with Gasteiger partial charge in [0.15, 0.2) is 0 Å². The second-order valence-electron chi connectivity index (χ2n) is 7.38. The molecule has 0 radical (unpaired) electrons. The molecule has 0 saturated heterocycles. The number of anilines is 2. The van der Waals surface area contributed by atoms with Gasteiger partial charge in [0.05, 0.1) is 34.6 Å². The number of ether oxygens (including phenoxy) is 1. The third kappa shape index (κ3) is 4.72. The summed E-state index contributed by atoms with van der Waals surface area (Å²) < 4.78 is 49.0. The summed E-state index contributed by atoms with van der Waals surface area (Å²) in [6.45, 7) is 0. The Hall–Kier alpha value is -5.14. The summed E-state index contributed by atoms with van der Waals surface area (Å²) in [7, 11) is 0. The molecule has 5 rings (SSSR count).